The van der Waals surface area contributed by atoms with E-state index in [1.54, 1.807) is 0 Å². The van der Waals surface area contributed by atoms with Gasteiger partial charge in [0.05, 0.1) is 6.61 Å². The monoisotopic (exact) mass is 228 g/mol. The molecule has 16 heavy (non-hydrogen) atoms. The maximum Gasteiger partial charge on any atom is 0.410 e. The third kappa shape index (κ3) is 3.67. The van der Waals surface area contributed by atoms with Crippen LogP contribution in [0.25, 0.3) is 0 Å². The van der Waals surface area contributed by atoms with Crippen molar-refractivity contribution in [3.8, 4) is 0 Å². The van der Waals surface area contributed by atoms with Crippen LogP contribution in [0.1, 0.15) is 40.0 Å². The molecule has 0 bridgehead atoms. The maximum atomic E-state index is 11.9. The molecule has 1 heterocycles. The number of hydrogen-bond donors (Lipinski definition) is 1. The molecule has 94 valence electrons. The fourth-order valence-electron chi connectivity index (χ4n) is 2.04. The van der Waals surface area contributed by atoms with E-state index in [1.807, 2.05) is 18.7 Å². The van der Waals surface area contributed by atoms with Gasteiger partial charge in [-0.05, 0) is 33.2 Å². The van der Waals surface area contributed by atoms with E-state index in [2.05, 4.69) is 12.2 Å². The highest BCUT2D eigenvalue weighted by Gasteiger charge is 2.29. The van der Waals surface area contributed by atoms with Crippen LogP contribution in [0.2, 0.25) is 0 Å². The third-order valence-electron chi connectivity index (χ3n) is 2.92. The lowest BCUT2D eigenvalue weighted by molar-refractivity contribution is 0.0750. The first-order valence-corrected chi connectivity index (χ1v) is 6.32. The fourth-order valence-corrected chi connectivity index (χ4v) is 2.04. The highest BCUT2D eigenvalue weighted by molar-refractivity contribution is 5.68. The zero-order valence-electron chi connectivity index (χ0n) is 10.7. The first-order valence-electron chi connectivity index (χ1n) is 6.32. The molecule has 1 fully saturated rings. The molecule has 0 aliphatic carbocycles. The standard InChI is InChI=1S/C12H24N2O2/c1-4-5-8-16-12(15)14(10(2)3)11-6-7-13-9-11/h10-11,13H,4-9H2,1-3H3. The molecule has 1 aliphatic heterocycles. The Bertz CT molecular complexity index is 213. The van der Waals surface area contributed by atoms with Crippen LogP contribution >= 0.6 is 0 Å². The molecule has 0 spiro atoms. The second-order valence-corrected chi connectivity index (χ2v) is 4.62. The van der Waals surface area contributed by atoms with Crippen molar-refractivity contribution in [2.24, 2.45) is 0 Å². The Kier molecular flexibility index (Phi) is 5.60. The van der Waals surface area contributed by atoms with Crippen LogP contribution in [0.4, 0.5) is 4.79 Å². The van der Waals surface area contributed by atoms with Crippen LogP contribution in [-0.4, -0.2) is 42.8 Å². The number of hydrogen-bond acceptors (Lipinski definition) is 3. The minimum atomic E-state index is -0.155. The zero-order chi connectivity index (χ0) is 12.0. The smallest absolute Gasteiger partial charge is 0.410 e. The zero-order valence-corrected chi connectivity index (χ0v) is 10.7. The van der Waals surface area contributed by atoms with Crippen molar-refractivity contribution in [2.45, 2.75) is 52.1 Å². The van der Waals surface area contributed by atoms with Gasteiger partial charge in [0.1, 0.15) is 0 Å². The quantitative estimate of drug-likeness (QED) is 0.732. The number of carbonyl (C=O) groups excluding carboxylic acids is 1. The van der Waals surface area contributed by atoms with Gasteiger partial charge in [0, 0.05) is 18.6 Å². The molecule has 0 aromatic carbocycles. The first-order chi connectivity index (χ1) is 7.66. The van der Waals surface area contributed by atoms with Crippen molar-refractivity contribution in [1.29, 1.82) is 0 Å². The van der Waals surface area contributed by atoms with Crippen LogP contribution in [-0.2, 0) is 4.74 Å². The molecule has 1 saturated heterocycles. The molecule has 0 aromatic rings. The second kappa shape index (κ2) is 6.74. The van der Waals surface area contributed by atoms with Gasteiger partial charge < -0.3 is 15.0 Å². The van der Waals surface area contributed by atoms with Crippen LogP contribution in [0.15, 0.2) is 0 Å². The van der Waals surface area contributed by atoms with Crippen molar-refractivity contribution in [1.82, 2.24) is 10.2 Å². The number of nitrogens with one attached hydrogen (secondary N) is 1. The predicted molar refractivity (Wildman–Crippen MR) is 64.5 cm³/mol. The van der Waals surface area contributed by atoms with E-state index in [0.717, 1.165) is 32.4 Å². The summed E-state index contributed by atoms with van der Waals surface area (Å²) in [6, 6.07) is 0.508. The van der Waals surface area contributed by atoms with Crippen molar-refractivity contribution < 1.29 is 9.53 Å². The van der Waals surface area contributed by atoms with Gasteiger partial charge in [0.25, 0.3) is 0 Å². The van der Waals surface area contributed by atoms with Crippen LogP contribution in [0.5, 0.6) is 0 Å². The van der Waals surface area contributed by atoms with Gasteiger partial charge in [0.15, 0.2) is 0 Å². The lowest BCUT2D eigenvalue weighted by Gasteiger charge is -2.31. The highest BCUT2D eigenvalue weighted by atomic mass is 16.6. The highest BCUT2D eigenvalue weighted by Crippen LogP contribution is 2.14. The molecular formula is C12H24N2O2. The molecule has 1 aliphatic rings. The lowest BCUT2D eigenvalue weighted by Crippen LogP contribution is -2.46. The molecule has 1 atom stereocenters. The van der Waals surface area contributed by atoms with Crippen LogP contribution < -0.4 is 5.32 Å². The summed E-state index contributed by atoms with van der Waals surface area (Å²) in [4.78, 5) is 13.8. The van der Waals surface area contributed by atoms with E-state index < -0.39 is 0 Å². The van der Waals surface area contributed by atoms with E-state index in [9.17, 15) is 4.79 Å². The predicted octanol–water partition coefficient (Wildman–Crippen LogP) is 2.00. The molecule has 4 heteroatoms. The van der Waals surface area contributed by atoms with E-state index >= 15 is 0 Å². The first kappa shape index (κ1) is 13.3. The van der Waals surface area contributed by atoms with Crippen molar-refractivity contribution >= 4 is 6.09 Å². The average molecular weight is 228 g/mol. The molecule has 0 aromatic heterocycles. The minimum Gasteiger partial charge on any atom is -0.449 e. The molecule has 1 rings (SSSR count). The van der Waals surface area contributed by atoms with Gasteiger partial charge in [-0.25, -0.2) is 4.79 Å². The Morgan fingerprint density at radius 2 is 2.31 bits per heavy atom. The lowest BCUT2D eigenvalue weighted by atomic mass is 10.2. The number of unbranched alkanes of at least 4 members (excludes halogenated alkanes) is 1. The number of nitrogens with zero attached hydrogens (tertiary/aromatic N) is 1. The fraction of sp³-hybridized carbons (Fsp3) is 0.917. The van der Waals surface area contributed by atoms with E-state index in [4.69, 9.17) is 4.74 Å². The molecule has 4 nitrogen and oxygen atoms in total. The molecule has 0 saturated carbocycles. The number of ether oxygens (including phenoxy) is 1. The Morgan fingerprint density at radius 1 is 1.56 bits per heavy atom. The van der Waals surface area contributed by atoms with Gasteiger partial charge in [0.2, 0.25) is 0 Å². The minimum absolute atomic E-state index is 0.155. The van der Waals surface area contributed by atoms with Gasteiger partial charge in [-0.2, -0.15) is 0 Å². The summed E-state index contributed by atoms with van der Waals surface area (Å²) >= 11 is 0. The molecule has 0 radical (unpaired) electrons. The van der Waals surface area contributed by atoms with Gasteiger partial charge in [-0.1, -0.05) is 13.3 Å². The Labute approximate surface area is 98.3 Å². The van der Waals surface area contributed by atoms with E-state index in [1.165, 1.54) is 0 Å². The van der Waals surface area contributed by atoms with E-state index in [-0.39, 0.29) is 12.1 Å². The summed E-state index contributed by atoms with van der Waals surface area (Å²) in [6.45, 7) is 8.60. The Morgan fingerprint density at radius 3 is 2.81 bits per heavy atom. The average Bonchev–Trinajstić information content (AvgIpc) is 2.71. The number of rotatable bonds is 5. The number of carbonyl (C=O) groups is 1. The largest absolute Gasteiger partial charge is 0.449 e. The van der Waals surface area contributed by atoms with Gasteiger partial charge >= 0.3 is 6.09 Å². The molecular weight excluding hydrogens is 204 g/mol. The summed E-state index contributed by atoms with van der Waals surface area (Å²) in [5.74, 6) is 0. The summed E-state index contributed by atoms with van der Waals surface area (Å²) < 4.78 is 5.28. The Balaban J connectivity index is 2.45. The summed E-state index contributed by atoms with van der Waals surface area (Å²) in [7, 11) is 0. The van der Waals surface area contributed by atoms with E-state index in [0.29, 0.717) is 12.6 Å². The maximum absolute atomic E-state index is 11.9. The van der Waals surface area contributed by atoms with Gasteiger partial charge in [-0.15, -0.1) is 0 Å². The van der Waals surface area contributed by atoms with Crippen molar-refractivity contribution in [3.05, 3.63) is 0 Å². The van der Waals surface area contributed by atoms with Crippen LogP contribution in [0, 0.1) is 0 Å². The van der Waals surface area contributed by atoms with Gasteiger partial charge in [-0.3, -0.25) is 0 Å². The molecule has 1 unspecified atom stereocenters. The second-order valence-electron chi connectivity index (χ2n) is 4.62. The Hall–Kier alpha value is -0.770. The van der Waals surface area contributed by atoms with Crippen molar-refractivity contribution in [2.75, 3.05) is 19.7 Å². The topological polar surface area (TPSA) is 41.6 Å². The normalized spacial score (nSPS) is 20.1. The number of amides is 1. The molecule has 1 amide bonds. The summed E-state index contributed by atoms with van der Waals surface area (Å²) in [6.07, 6.45) is 2.87. The third-order valence-corrected chi connectivity index (χ3v) is 2.92. The van der Waals surface area contributed by atoms with Crippen molar-refractivity contribution in [3.63, 3.8) is 0 Å². The molecule has 1 N–H and O–H groups in total. The summed E-state index contributed by atoms with van der Waals surface area (Å²) in [5, 5.41) is 3.28. The summed E-state index contributed by atoms with van der Waals surface area (Å²) in [5.41, 5.74) is 0. The van der Waals surface area contributed by atoms with Crippen LogP contribution in [0.3, 0.4) is 0 Å². The SMILES string of the molecule is CCCCOC(=O)N(C(C)C)C1CCNC1.